The van der Waals surface area contributed by atoms with Gasteiger partial charge in [0.15, 0.2) is 5.96 Å². The van der Waals surface area contributed by atoms with E-state index in [4.69, 9.17) is 0 Å². The average Bonchev–Trinajstić information content (AvgIpc) is 2.34. The van der Waals surface area contributed by atoms with Gasteiger partial charge in [-0.1, -0.05) is 23.8 Å². The highest BCUT2D eigenvalue weighted by Crippen LogP contribution is 2.17. The predicted octanol–water partition coefficient (Wildman–Crippen LogP) is 2.85. The Hall–Kier alpha value is -1.77. The van der Waals surface area contributed by atoms with Crippen molar-refractivity contribution in [3.05, 3.63) is 47.0 Å². The van der Waals surface area contributed by atoms with Gasteiger partial charge in [0.05, 0.1) is 6.54 Å². The summed E-state index contributed by atoms with van der Waals surface area (Å²) in [5.41, 5.74) is 5.22. The van der Waals surface area contributed by atoms with E-state index in [9.17, 15) is 0 Å². The minimum absolute atomic E-state index is 0.699. The molecular weight excluding hydrogens is 234 g/mol. The number of benzene rings is 1. The number of aryl methyl sites for hydroxylation is 3. The smallest absolute Gasteiger partial charge is 0.191 e. The van der Waals surface area contributed by atoms with Crippen molar-refractivity contribution in [1.29, 1.82) is 0 Å². The number of nitrogens with one attached hydrogen (secondary N) is 2. The van der Waals surface area contributed by atoms with E-state index < -0.39 is 0 Å². The monoisotopic (exact) mass is 259 g/mol. The van der Waals surface area contributed by atoms with Gasteiger partial charge in [0.2, 0.25) is 0 Å². The van der Waals surface area contributed by atoms with Crippen molar-refractivity contribution in [3.8, 4) is 0 Å². The molecule has 0 aliphatic carbocycles. The van der Waals surface area contributed by atoms with Gasteiger partial charge in [-0.3, -0.25) is 0 Å². The van der Waals surface area contributed by atoms with Crippen LogP contribution in [0.5, 0.6) is 0 Å². The van der Waals surface area contributed by atoms with Crippen LogP contribution in [0, 0.1) is 20.8 Å². The summed E-state index contributed by atoms with van der Waals surface area (Å²) in [4.78, 5) is 4.62. The molecule has 0 atom stereocenters. The van der Waals surface area contributed by atoms with Crippen LogP contribution in [-0.4, -0.2) is 19.0 Å². The second-order valence-corrected chi connectivity index (χ2v) is 4.74. The fourth-order valence-electron chi connectivity index (χ4n) is 2.13. The van der Waals surface area contributed by atoms with Gasteiger partial charge in [-0.05, 0) is 44.4 Å². The molecular formula is C16H25N3. The summed E-state index contributed by atoms with van der Waals surface area (Å²) in [6, 6.07) is 4.42. The van der Waals surface area contributed by atoms with E-state index in [0.717, 1.165) is 19.0 Å². The molecule has 0 unspecified atom stereocenters. The molecule has 0 heterocycles. The molecule has 0 radical (unpaired) electrons. The lowest BCUT2D eigenvalue weighted by atomic mass is 10.00. The lowest BCUT2D eigenvalue weighted by Crippen LogP contribution is -2.37. The number of aliphatic imine (C=N–C) groups is 1. The summed E-state index contributed by atoms with van der Waals surface area (Å²) in [5, 5.41) is 6.44. The fourth-order valence-corrected chi connectivity index (χ4v) is 2.13. The Morgan fingerprint density at radius 3 is 2.37 bits per heavy atom. The van der Waals surface area contributed by atoms with Crippen molar-refractivity contribution < 1.29 is 0 Å². The maximum Gasteiger partial charge on any atom is 0.191 e. The molecule has 0 amide bonds. The third-order valence-electron chi connectivity index (χ3n) is 2.99. The second kappa shape index (κ2) is 7.62. The number of guanidine groups is 1. The fraction of sp³-hybridized carbons (Fsp3) is 0.438. The van der Waals surface area contributed by atoms with Gasteiger partial charge in [-0.2, -0.15) is 0 Å². The van der Waals surface area contributed by atoms with Crippen LogP contribution in [0.15, 0.2) is 29.8 Å². The van der Waals surface area contributed by atoms with Crippen LogP contribution in [0.2, 0.25) is 0 Å². The largest absolute Gasteiger partial charge is 0.357 e. The average molecular weight is 259 g/mol. The van der Waals surface area contributed by atoms with Gasteiger partial charge in [0, 0.05) is 13.1 Å². The molecule has 0 saturated heterocycles. The SMILES string of the molecule is C=CCNC(=NCc1c(C)cc(C)cc1C)NCC. The summed E-state index contributed by atoms with van der Waals surface area (Å²) < 4.78 is 0. The van der Waals surface area contributed by atoms with Crippen molar-refractivity contribution >= 4 is 5.96 Å². The molecule has 0 bridgehead atoms. The Labute approximate surface area is 116 Å². The molecule has 104 valence electrons. The summed E-state index contributed by atoms with van der Waals surface area (Å²) in [6.45, 7) is 14.5. The molecule has 0 spiro atoms. The maximum absolute atomic E-state index is 4.62. The molecule has 0 aliphatic rings. The second-order valence-electron chi connectivity index (χ2n) is 4.74. The molecule has 1 aromatic rings. The first-order valence-corrected chi connectivity index (χ1v) is 6.78. The molecule has 1 aromatic carbocycles. The van der Waals surface area contributed by atoms with Gasteiger partial charge >= 0.3 is 0 Å². The Kier molecular flexibility index (Phi) is 6.13. The highest BCUT2D eigenvalue weighted by molar-refractivity contribution is 5.79. The van der Waals surface area contributed by atoms with Crippen LogP contribution in [-0.2, 0) is 6.54 Å². The van der Waals surface area contributed by atoms with E-state index in [-0.39, 0.29) is 0 Å². The summed E-state index contributed by atoms with van der Waals surface area (Å²) in [6.07, 6.45) is 1.83. The lowest BCUT2D eigenvalue weighted by Gasteiger charge is -2.12. The highest BCUT2D eigenvalue weighted by atomic mass is 15.2. The third-order valence-corrected chi connectivity index (χ3v) is 2.99. The molecule has 0 aromatic heterocycles. The maximum atomic E-state index is 4.62. The summed E-state index contributed by atoms with van der Waals surface area (Å²) >= 11 is 0. The van der Waals surface area contributed by atoms with Crippen LogP contribution in [0.25, 0.3) is 0 Å². The Morgan fingerprint density at radius 1 is 1.21 bits per heavy atom. The topological polar surface area (TPSA) is 36.4 Å². The Bertz CT molecular complexity index is 438. The third kappa shape index (κ3) is 4.78. The van der Waals surface area contributed by atoms with Crippen molar-refractivity contribution in [2.45, 2.75) is 34.2 Å². The lowest BCUT2D eigenvalue weighted by molar-refractivity contribution is 0.857. The first kappa shape index (κ1) is 15.3. The van der Waals surface area contributed by atoms with E-state index >= 15 is 0 Å². The van der Waals surface area contributed by atoms with E-state index in [2.05, 4.69) is 62.0 Å². The zero-order valence-electron chi connectivity index (χ0n) is 12.5. The van der Waals surface area contributed by atoms with Gasteiger partial charge in [0.1, 0.15) is 0 Å². The molecule has 0 fully saturated rings. The van der Waals surface area contributed by atoms with E-state index in [1.807, 2.05) is 6.08 Å². The van der Waals surface area contributed by atoms with Crippen molar-refractivity contribution in [2.24, 2.45) is 4.99 Å². The van der Waals surface area contributed by atoms with Gasteiger partial charge in [0.25, 0.3) is 0 Å². The number of rotatable bonds is 5. The highest BCUT2D eigenvalue weighted by Gasteiger charge is 2.03. The van der Waals surface area contributed by atoms with Crippen LogP contribution >= 0.6 is 0 Å². The van der Waals surface area contributed by atoms with Gasteiger partial charge in [-0.15, -0.1) is 6.58 Å². The predicted molar refractivity (Wildman–Crippen MR) is 83.7 cm³/mol. The zero-order chi connectivity index (χ0) is 14.3. The minimum Gasteiger partial charge on any atom is -0.357 e. The first-order valence-electron chi connectivity index (χ1n) is 6.78. The molecule has 1 rings (SSSR count). The minimum atomic E-state index is 0.699. The van der Waals surface area contributed by atoms with Crippen LogP contribution in [0.4, 0.5) is 0 Å². The number of nitrogens with zero attached hydrogens (tertiary/aromatic N) is 1. The van der Waals surface area contributed by atoms with E-state index in [1.165, 1.54) is 22.3 Å². The van der Waals surface area contributed by atoms with Gasteiger partial charge in [-0.25, -0.2) is 4.99 Å². The van der Waals surface area contributed by atoms with E-state index in [0.29, 0.717) is 6.54 Å². The van der Waals surface area contributed by atoms with Gasteiger partial charge < -0.3 is 10.6 Å². The van der Waals surface area contributed by atoms with Crippen molar-refractivity contribution in [2.75, 3.05) is 13.1 Å². The molecule has 19 heavy (non-hydrogen) atoms. The molecule has 3 nitrogen and oxygen atoms in total. The summed E-state index contributed by atoms with van der Waals surface area (Å²) in [7, 11) is 0. The van der Waals surface area contributed by atoms with Crippen molar-refractivity contribution in [1.82, 2.24) is 10.6 Å². The summed E-state index contributed by atoms with van der Waals surface area (Å²) in [5.74, 6) is 0.835. The normalized spacial score (nSPS) is 11.3. The van der Waals surface area contributed by atoms with Crippen molar-refractivity contribution in [3.63, 3.8) is 0 Å². The van der Waals surface area contributed by atoms with E-state index in [1.54, 1.807) is 0 Å². The molecule has 0 saturated carbocycles. The zero-order valence-corrected chi connectivity index (χ0v) is 12.5. The molecule has 3 heteroatoms. The van der Waals surface area contributed by atoms with Crippen LogP contribution in [0.3, 0.4) is 0 Å². The Morgan fingerprint density at radius 2 is 1.84 bits per heavy atom. The molecule has 2 N–H and O–H groups in total. The first-order chi connectivity index (χ1) is 9.08. The van der Waals surface area contributed by atoms with Crippen LogP contribution in [0.1, 0.15) is 29.2 Å². The molecule has 0 aliphatic heterocycles. The number of hydrogen-bond acceptors (Lipinski definition) is 1. The number of hydrogen-bond donors (Lipinski definition) is 2. The quantitative estimate of drug-likeness (QED) is 0.484. The van der Waals surface area contributed by atoms with Crippen LogP contribution < -0.4 is 10.6 Å². The standard InChI is InChI=1S/C16H25N3/c1-6-8-18-16(17-7-2)19-11-15-13(4)9-12(3)10-14(15)5/h6,9-10H,1,7-8,11H2,2-5H3,(H2,17,18,19). The Balaban J connectivity index is 2.84.